The van der Waals surface area contributed by atoms with E-state index in [9.17, 15) is 9.18 Å². The van der Waals surface area contributed by atoms with Crippen molar-refractivity contribution in [3.63, 3.8) is 0 Å². The summed E-state index contributed by atoms with van der Waals surface area (Å²) in [6.45, 7) is 3.59. The molecule has 1 amide bonds. The number of benzene rings is 1. The maximum atomic E-state index is 14.3. The van der Waals surface area contributed by atoms with Crippen molar-refractivity contribution in [3.8, 4) is 6.07 Å². The molecule has 1 aromatic carbocycles. The predicted molar refractivity (Wildman–Crippen MR) is 80.2 cm³/mol. The Morgan fingerprint density at radius 3 is 2.67 bits per heavy atom. The van der Waals surface area contributed by atoms with E-state index in [1.54, 1.807) is 6.07 Å². The molecular formula is C16H18FN3O. The average Bonchev–Trinajstić information content (AvgIpc) is 3.00. The van der Waals surface area contributed by atoms with E-state index in [0.717, 1.165) is 31.5 Å². The molecule has 1 heterocycles. The molecule has 1 aromatic rings. The second-order valence-corrected chi connectivity index (χ2v) is 5.10. The van der Waals surface area contributed by atoms with Crippen LogP contribution < -0.4 is 10.2 Å². The zero-order valence-corrected chi connectivity index (χ0v) is 12.2. The van der Waals surface area contributed by atoms with Crippen LogP contribution in [-0.4, -0.2) is 26.0 Å². The molecule has 21 heavy (non-hydrogen) atoms. The minimum Gasteiger partial charge on any atom is -0.369 e. The van der Waals surface area contributed by atoms with E-state index >= 15 is 0 Å². The van der Waals surface area contributed by atoms with Gasteiger partial charge in [0.15, 0.2) is 0 Å². The summed E-state index contributed by atoms with van der Waals surface area (Å²) in [5, 5.41) is 11.4. The number of hydrogen-bond donors (Lipinski definition) is 1. The molecule has 5 heteroatoms. The van der Waals surface area contributed by atoms with Gasteiger partial charge in [-0.25, -0.2) is 4.39 Å². The molecule has 110 valence electrons. The van der Waals surface area contributed by atoms with Crippen molar-refractivity contribution in [2.24, 2.45) is 0 Å². The van der Waals surface area contributed by atoms with Crippen molar-refractivity contribution in [1.29, 1.82) is 5.26 Å². The number of likely N-dealkylation sites (N-methyl/N-ethyl adjacent to an activating group) is 1. The van der Waals surface area contributed by atoms with E-state index in [2.05, 4.69) is 5.32 Å². The molecule has 1 N–H and O–H groups in total. The number of aryl methyl sites for hydroxylation is 1. The standard InChI is InChI=1S/C16H18FN3O/c1-11-7-15(20-5-3-4-6-20)14(17)9-12(11)8-13(10-18)16(21)19-2/h7-9H,3-6H2,1-2H3,(H,19,21)/b13-8-. The Kier molecular flexibility index (Phi) is 4.59. The largest absolute Gasteiger partial charge is 0.369 e. The number of rotatable bonds is 3. The summed E-state index contributed by atoms with van der Waals surface area (Å²) >= 11 is 0. The Hall–Kier alpha value is -2.35. The first-order chi connectivity index (χ1) is 10.1. The zero-order valence-electron chi connectivity index (χ0n) is 12.2. The topological polar surface area (TPSA) is 56.1 Å². The molecule has 0 aromatic heterocycles. The van der Waals surface area contributed by atoms with Gasteiger partial charge >= 0.3 is 0 Å². The van der Waals surface area contributed by atoms with Gasteiger partial charge in [0.1, 0.15) is 17.5 Å². The molecule has 0 aliphatic carbocycles. The van der Waals surface area contributed by atoms with Gasteiger partial charge in [-0.15, -0.1) is 0 Å². The maximum Gasteiger partial charge on any atom is 0.261 e. The predicted octanol–water partition coefficient (Wildman–Crippen LogP) is 2.39. The van der Waals surface area contributed by atoms with Crippen LogP contribution in [0.1, 0.15) is 24.0 Å². The van der Waals surface area contributed by atoms with Crippen LogP contribution in [-0.2, 0) is 4.79 Å². The first-order valence-corrected chi connectivity index (χ1v) is 6.95. The molecule has 0 atom stereocenters. The summed E-state index contributed by atoms with van der Waals surface area (Å²) in [5.41, 5.74) is 1.96. The Labute approximate surface area is 123 Å². The van der Waals surface area contributed by atoms with E-state index in [1.807, 2.05) is 17.9 Å². The van der Waals surface area contributed by atoms with Crippen LogP contribution in [0, 0.1) is 24.1 Å². The van der Waals surface area contributed by atoms with E-state index in [4.69, 9.17) is 5.26 Å². The minimum atomic E-state index is -0.471. The Morgan fingerprint density at radius 1 is 1.43 bits per heavy atom. The molecule has 2 rings (SSSR count). The minimum absolute atomic E-state index is 0.0334. The number of nitrogens with zero attached hydrogens (tertiary/aromatic N) is 2. The molecular weight excluding hydrogens is 269 g/mol. The molecule has 0 spiro atoms. The van der Waals surface area contributed by atoms with E-state index in [-0.39, 0.29) is 11.4 Å². The first kappa shape index (κ1) is 15.0. The summed E-state index contributed by atoms with van der Waals surface area (Å²) in [6.07, 6.45) is 3.58. The molecule has 1 aliphatic rings. The number of anilines is 1. The van der Waals surface area contributed by atoms with E-state index < -0.39 is 5.91 Å². The Bertz CT molecular complexity index is 625. The summed E-state index contributed by atoms with van der Waals surface area (Å²) in [6, 6.07) is 5.01. The van der Waals surface area contributed by atoms with Crippen molar-refractivity contribution < 1.29 is 9.18 Å². The van der Waals surface area contributed by atoms with Crippen molar-refractivity contribution in [2.45, 2.75) is 19.8 Å². The van der Waals surface area contributed by atoms with Crippen LogP contribution in [0.15, 0.2) is 17.7 Å². The van der Waals surface area contributed by atoms with Crippen LogP contribution in [0.5, 0.6) is 0 Å². The molecule has 0 unspecified atom stereocenters. The maximum absolute atomic E-state index is 14.3. The average molecular weight is 287 g/mol. The second-order valence-electron chi connectivity index (χ2n) is 5.10. The van der Waals surface area contributed by atoms with Gasteiger partial charge in [-0.3, -0.25) is 4.79 Å². The SMILES string of the molecule is CNC(=O)/C(C#N)=C\c1cc(F)c(N2CCCC2)cc1C. The zero-order chi connectivity index (χ0) is 15.4. The number of carbonyl (C=O) groups excluding carboxylic acids is 1. The lowest BCUT2D eigenvalue weighted by atomic mass is 10.0. The quantitative estimate of drug-likeness (QED) is 0.686. The number of hydrogen-bond acceptors (Lipinski definition) is 3. The van der Waals surface area contributed by atoms with E-state index in [1.165, 1.54) is 19.2 Å². The fourth-order valence-electron chi connectivity index (χ4n) is 2.48. The first-order valence-electron chi connectivity index (χ1n) is 6.95. The van der Waals surface area contributed by atoms with E-state index in [0.29, 0.717) is 11.3 Å². The van der Waals surface area contributed by atoms with Crippen LogP contribution in [0.25, 0.3) is 6.08 Å². The van der Waals surface area contributed by atoms with Gasteiger partial charge < -0.3 is 10.2 Å². The van der Waals surface area contributed by atoms with Crippen molar-refractivity contribution in [3.05, 3.63) is 34.6 Å². The van der Waals surface area contributed by atoms with Crippen LogP contribution >= 0.6 is 0 Å². The molecule has 0 saturated carbocycles. The Morgan fingerprint density at radius 2 is 2.10 bits per heavy atom. The molecule has 0 radical (unpaired) electrons. The summed E-state index contributed by atoms with van der Waals surface area (Å²) in [4.78, 5) is 13.5. The van der Waals surface area contributed by atoms with Gasteiger partial charge in [-0.2, -0.15) is 5.26 Å². The van der Waals surface area contributed by atoms with Gasteiger partial charge in [0.25, 0.3) is 5.91 Å². The van der Waals surface area contributed by atoms with Crippen molar-refractivity contribution in [2.75, 3.05) is 25.0 Å². The highest BCUT2D eigenvalue weighted by Gasteiger charge is 2.17. The Balaban J connectivity index is 2.38. The number of nitriles is 1. The number of amides is 1. The number of halogens is 1. The van der Waals surface area contributed by atoms with Gasteiger partial charge in [0, 0.05) is 20.1 Å². The summed E-state index contributed by atoms with van der Waals surface area (Å²) < 4.78 is 14.3. The highest BCUT2D eigenvalue weighted by Crippen LogP contribution is 2.27. The molecule has 1 fully saturated rings. The third kappa shape index (κ3) is 3.22. The lowest BCUT2D eigenvalue weighted by Gasteiger charge is -2.19. The summed E-state index contributed by atoms with van der Waals surface area (Å²) in [5.74, 6) is -0.788. The van der Waals surface area contributed by atoms with Gasteiger partial charge in [-0.1, -0.05) is 0 Å². The third-order valence-corrected chi connectivity index (χ3v) is 3.67. The fourth-order valence-corrected chi connectivity index (χ4v) is 2.48. The second kappa shape index (κ2) is 6.40. The van der Waals surface area contributed by atoms with Gasteiger partial charge in [0.2, 0.25) is 0 Å². The number of nitrogens with one attached hydrogen (secondary N) is 1. The van der Waals surface area contributed by atoms with Crippen LogP contribution in [0.2, 0.25) is 0 Å². The molecule has 4 nitrogen and oxygen atoms in total. The third-order valence-electron chi connectivity index (χ3n) is 3.67. The number of carbonyl (C=O) groups is 1. The van der Waals surface area contributed by atoms with Gasteiger partial charge in [0.05, 0.1) is 5.69 Å². The van der Waals surface area contributed by atoms with Crippen LogP contribution in [0.3, 0.4) is 0 Å². The monoisotopic (exact) mass is 287 g/mol. The normalized spacial score (nSPS) is 15.0. The van der Waals surface area contributed by atoms with Crippen LogP contribution in [0.4, 0.5) is 10.1 Å². The molecule has 0 bridgehead atoms. The molecule has 1 saturated heterocycles. The highest BCUT2D eigenvalue weighted by atomic mass is 19.1. The molecule has 1 aliphatic heterocycles. The smallest absolute Gasteiger partial charge is 0.261 e. The lowest BCUT2D eigenvalue weighted by Crippen LogP contribution is -2.20. The highest BCUT2D eigenvalue weighted by molar-refractivity contribution is 6.01. The van der Waals surface area contributed by atoms with Gasteiger partial charge in [-0.05, 0) is 49.1 Å². The summed E-state index contributed by atoms with van der Waals surface area (Å²) in [7, 11) is 1.46. The fraction of sp³-hybridized carbons (Fsp3) is 0.375. The van der Waals surface area contributed by atoms with Crippen molar-refractivity contribution >= 4 is 17.7 Å². The van der Waals surface area contributed by atoms with Crippen molar-refractivity contribution in [1.82, 2.24) is 5.32 Å². The lowest BCUT2D eigenvalue weighted by molar-refractivity contribution is -0.116.